The van der Waals surface area contributed by atoms with E-state index in [1.165, 1.54) is 0 Å². The molecule has 0 aliphatic rings. The van der Waals surface area contributed by atoms with Crippen LogP contribution in [0.4, 0.5) is 0 Å². The van der Waals surface area contributed by atoms with Gasteiger partial charge >= 0.3 is 0 Å². The lowest BCUT2D eigenvalue weighted by atomic mass is 9.80. The lowest BCUT2D eigenvalue weighted by molar-refractivity contribution is 0.334. The highest BCUT2D eigenvalue weighted by molar-refractivity contribution is 6.31. The predicted octanol–water partition coefficient (Wildman–Crippen LogP) is 4.19. The highest BCUT2D eigenvalue weighted by Crippen LogP contribution is 2.36. The molecule has 0 saturated heterocycles. The van der Waals surface area contributed by atoms with Crippen LogP contribution in [0.25, 0.3) is 0 Å². The summed E-state index contributed by atoms with van der Waals surface area (Å²) in [5, 5.41) is 0.785. The van der Waals surface area contributed by atoms with E-state index in [-0.39, 0.29) is 5.41 Å². The average molecular weight is 212 g/mol. The summed E-state index contributed by atoms with van der Waals surface area (Å²) in [4.78, 5) is 4.41. The van der Waals surface area contributed by atoms with Gasteiger partial charge in [0.2, 0.25) is 0 Å². The first-order valence-electron chi connectivity index (χ1n) is 4.94. The van der Waals surface area contributed by atoms with Crippen LogP contribution in [0.5, 0.6) is 0 Å². The number of aromatic nitrogens is 1. The summed E-state index contributed by atoms with van der Waals surface area (Å²) < 4.78 is 0. The Labute approximate surface area is 91.5 Å². The van der Waals surface area contributed by atoms with Gasteiger partial charge in [-0.1, -0.05) is 39.3 Å². The summed E-state index contributed by atoms with van der Waals surface area (Å²) in [7, 11) is 0. The Kier molecular flexibility index (Phi) is 3.20. The first-order chi connectivity index (χ1) is 6.32. The molecule has 0 fully saturated rings. The lowest BCUT2D eigenvalue weighted by Crippen LogP contribution is -2.16. The molecular weight excluding hydrogens is 194 g/mol. The molecule has 78 valence electrons. The maximum atomic E-state index is 6.17. The molecule has 0 aliphatic carbocycles. The molecule has 1 nitrogen and oxygen atoms in total. The average Bonchev–Trinajstić information content (AvgIpc) is 2.01. The van der Waals surface area contributed by atoms with Crippen LogP contribution in [0.15, 0.2) is 12.3 Å². The Bertz CT molecular complexity index is 326. The van der Waals surface area contributed by atoms with E-state index in [1.54, 1.807) is 0 Å². The van der Waals surface area contributed by atoms with Crippen LogP contribution in [-0.4, -0.2) is 4.98 Å². The van der Waals surface area contributed by atoms with Crippen molar-refractivity contribution in [1.82, 2.24) is 4.98 Å². The third kappa shape index (κ3) is 2.48. The van der Waals surface area contributed by atoms with E-state index in [0.29, 0.717) is 5.92 Å². The molecule has 1 heterocycles. The van der Waals surface area contributed by atoms with Crippen LogP contribution in [0.2, 0.25) is 5.02 Å². The van der Waals surface area contributed by atoms with Crippen molar-refractivity contribution in [2.45, 2.75) is 40.5 Å². The SMILES string of the molecule is Cc1cnc([C@@H](C)C(C)(C)C)c(Cl)c1. The maximum Gasteiger partial charge on any atom is 0.0627 e. The van der Waals surface area contributed by atoms with Crippen molar-refractivity contribution in [2.24, 2.45) is 5.41 Å². The summed E-state index contributed by atoms with van der Waals surface area (Å²) in [6, 6.07) is 1.98. The Morgan fingerprint density at radius 2 is 1.93 bits per heavy atom. The lowest BCUT2D eigenvalue weighted by Gasteiger charge is -2.27. The molecular formula is C12H18ClN. The molecule has 0 amide bonds. The van der Waals surface area contributed by atoms with E-state index in [1.807, 2.05) is 19.2 Å². The van der Waals surface area contributed by atoms with E-state index in [0.717, 1.165) is 16.3 Å². The summed E-state index contributed by atoms with van der Waals surface area (Å²) in [6.45, 7) is 10.8. The van der Waals surface area contributed by atoms with Crippen LogP contribution in [0, 0.1) is 12.3 Å². The first-order valence-corrected chi connectivity index (χ1v) is 5.32. The Morgan fingerprint density at radius 3 is 2.36 bits per heavy atom. The summed E-state index contributed by atoms with van der Waals surface area (Å²) in [5.74, 6) is 0.371. The molecule has 0 spiro atoms. The van der Waals surface area contributed by atoms with Crippen molar-refractivity contribution < 1.29 is 0 Å². The molecule has 0 aromatic carbocycles. The van der Waals surface area contributed by atoms with Gasteiger partial charge in [-0.15, -0.1) is 0 Å². The Morgan fingerprint density at radius 1 is 1.36 bits per heavy atom. The highest BCUT2D eigenvalue weighted by Gasteiger charge is 2.24. The zero-order valence-electron chi connectivity index (χ0n) is 9.56. The van der Waals surface area contributed by atoms with Crippen molar-refractivity contribution in [1.29, 1.82) is 0 Å². The summed E-state index contributed by atoms with van der Waals surface area (Å²) in [5.41, 5.74) is 2.32. The number of halogens is 1. The number of aryl methyl sites for hydroxylation is 1. The second kappa shape index (κ2) is 3.90. The largest absolute Gasteiger partial charge is 0.259 e. The first kappa shape index (κ1) is 11.5. The van der Waals surface area contributed by atoms with E-state index >= 15 is 0 Å². The van der Waals surface area contributed by atoms with Gasteiger partial charge < -0.3 is 0 Å². The third-order valence-electron chi connectivity index (χ3n) is 2.72. The van der Waals surface area contributed by atoms with Gasteiger partial charge in [-0.25, -0.2) is 0 Å². The van der Waals surface area contributed by atoms with E-state index in [2.05, 4.69) is 32.7 Å². The number of hydrogen-bond acceptors (Lipinski definition) is 1. The number of pyridine rings is 1. The number of rotatable bonds is 1. The van der Waals surface area contributed by atoms with Crippen LogP contribution >= 0.6 is 11.6 Å². The van der Waals surface area contributed by atoms with Crippen LogP contribution in [-0.2, 0) is 0 Å². The molecule has 0 unspecified atom stereocenters. The van der Waals surface area contributed by atoms with E-state index in [9.17, 15) is 0 Å². The van der Waals surface area contributed by atoms with E-state index < -0.39 is 0 Å². The van der Waals surface area contributed by atoms with Crippen molar-refractivity contribution in [2.75, 3.05) is 0 Å². The molecule has 1 aromatic heterocycles. The standard InChI is InChI=1S/C12H18ClN/c1-8-6-10(13)11(14-7-8)9(2)12(3,4)5/h6-7,9H,1-5H3/t9-/m1/s1. The fourth-order valence-electron chi connectivity index (χ4n) is 1.27. The van der Waals surface area contributed by atoms with Gasteiger partial charge in [0, 0.05) is 12.1 Å². The van der Waals surface area contributed by atoms with Gasteiger partial charge in [0.05, 0.1) is 10.7 Å². The van der Waals surface area contributed by atoms with Gasteiger partial charge in [-0.3, -0.25) is 4.98 Å². The molecule has 0 saturated carbocycles. The molecule has 14 heavy (non-hydrogen) atoms. The quantitative estimate of drug-likeness (QED) is 0.679. The zero-order chi connectivity index (χ0) is 10.9. The van der Waals surface area contributed by atoms with Crippen molar-refractivity contribution in [3.63, 3.8) is 0 Å². The monoisotopic (exact) mass is 211 g/mol. The molecule has 0 N–H and O–H groups in total. The topological polar surface area (TPSA) is 12.9 Å². The summed E-state index contributed by atoms with van der Waals surface area (Å²) in [6.07, 6.45) is 1.88. The van der Waals surface area contributed by atoms with Crippen LogP contribution in [0.3, 0.4) is 0 Å². The van der Waals surface area contributed by atoms with Crippen LogP contribution in [0.1, 0.15) is 44.9 Å². The smallest absolute Gasteiger partial charge is 0.0627 e. The number of hydrogen-bond donors (Lipinski definition) is 0. The Balaban J connectivity index is 3.08. The minimum Gasteiger partial charge on any atom is -0.259 e. The van der Waals surface area contributed by atoms with E-state index in [4.69, 9.17) is 11.6 Å². The molecule has 1 atom stereocenters. The van der Waals surface area contributed by atoms with Crippen molar-refractivity contribution in [3.05, 3.63) is 28.5 Å². The Hall–Kier alpha value is -0.560. The fraction of sp³-hybridized carbons (Fsp3) is 0.583. The normalized spacial score (nSPS) is 14.1. The van der Waals surface area contributed by atoms with Gasteiger partial charge in [-0.2, -0.15) is 0 Å². The second-order valence-electron chi connectivity index (χ2n) is 4.97. The minimum absolute atomic E-state index is 0.200. The second-order valence-corrected chi connectivity index (χ2v) is 5.37. The molecule has 2 heteroatoms. The predicted molar refractivity (Wildman–Crippen MR) is 61.9 cm³/mol. The van der Waals surface area contributed by atoms with Gasteiger partial charge in [0.15, 0.2) is 0 Å². The van der Waals surface area contributed by atoms with Crippen molar-refractivity contribution >= 4 is 11.6 Å². The number of nitrogens with zero attached hydrogens (tertiary/aromatic N) is 1. The van der Waals surface area contributed by atoms with Crippen LogP contribution < -0.4 is 0 Å². The molecule has 0 radical (unpaired) electrons. The molecule has 0 bridgehead atoms. The van der Waals surface area contributed by atoms with Gasteiger partial charge in [-0.05, 0) is 24.0 Å². The minimum atomic E-state index is 0.200. The molecule has 1 aromatic rings. The zero-order valence-corrected chi connectivity index (χ0v) is 10.3. The van der Waals surface area contributed by atoms with Gasteiger partial charge in [0.1, 0.15) is 0 Å². The highest BCUT2D eigenvalue weighted by atomic mass is 35.5. The van der Waals surface area contributed by atoms with Crippen molar-refractivity contribution in [3.8, 4) is 0 Å². The summed E-state index contributed by atoms with van der Waals surface area (Å²) >= 11 is 6.17. The molecule has 1 rings (SSSR count). The third-order valence-corrected chi connectivity index (χ3v) is 3.02. The maximum absolute atomic E-state index is 6.17. The fourth-order valence-corrected chi connectivity index (χ4v) is 1.66. The van der Waals surface area contributed by atoms with Gasteiger partial charge in [0.25, 0.3) is 0 Å². The molecule has 0 aliphatic heterocycles.